The van der Waals surface area contributed by atoms with Gasteiger partial charge in [0.1, 0.15) is 0 Å². The molecule has 0 saturated carbocycles. The van der Waals surface area contributed by atoms with Crippen LogP contribution >= 0.6 is 0 Å². The van der Waals surface area contributed by atoms with Crippen LogP contribution < -0.4 is 11.2 Å². The Morgan fingerprint density at radius 1 is 1.38 bits per heavy atom. The van der Waals surface area contributed by atoms with Crippen LogP contribution in [0.4, 0.5) is 0 Å². The number of carbonyl (C=O) groups is 1. The van der Waals surface area contributed by atoms with E-state index in [-0.39, 0.29) is 11.5 Å². The van der Waals surface area contributed by atoms with E-state index in [1.54, 1.807) is 0 Å². The molecule has 0 unspecified atom stereocenters. The molecule has 0 aliphatic heterocycles. The van der Waals surface area contributed by atoms with Gasteiger partial charge >= 0.3 is 0 Å². The van der Waals surface area contributed by atoms with Gasteiger partial charge in [-0.2, -0.15) is 0 Å². The van der Waals surface area contributed by atoms with E-state index in [0.29, 0.717) is 13.0 Å². The molecular formula is C9H20N2O2. The van der Waals surface area contributed by atoms with Gasteiger partial charge in [-0.3, -0.25) is 9.63 Å². The van der Waals surface area contributed by atoms with Gasteiger partial charge in [-0.05, 0) is 40.2 Å². The Balaban J connectivity index is 3.41. The van der Waals surface area contributed by atoms with Crippen molar-refractivity contribution in [1.82, 2.24) is 5.48 Å². The highest BCUT2D eigenvalue weighted by Gasteiger charge is 2.12. The maximum absolute atomic E-state index is 11.1. The predicted octanol–water partition coefficient (Wildman–Crippen LogP) is 0.962. The molecule has 0 aliphatic carbocycles. The lowest BCUT2D eigenvalue weighted by Crippen LogP contribution is -2.33. The van der Waals surface area contributed by atoms with Crippen molar-refractivity contribution in [1.29, 1.82) is 0 Å². The summed E-state index contributed by atoms with van der Waals surface area (Å²) in [7, 11) is 0. The van der Waals surface area contributed by atoms with Crippen LogP contribution in [0, 0.1) is 0 Å². The lowest BCUT2D eigenvalue weighted by molar-refractivity contribution is -0.145. The smallest absolute Gasteiger partial charge is 0.243 e. The van der Waals surface area contributed by atoms with Gasteiger partial charge in [-0.15, -0.1) is 0 Å². The van der Waals surface area contributed by atoms with Crippen molar-refractivity contribution in [3.05, 3.63) is 0 Å². The topological polar surface area (TPSA) is 64.3 Å². The van der Waals surface area contributed by atoms with Gasteiger partial charge in [-0.25, -0.2) is 5.48 Å². The maximum atomic E-state index is 11.1. The summed E-state index contributed by atoms with van der Waals surface area (Å²) in [5.74, 6) is -0.0802. The molecule has 0 atom stereocenters. The van der Waals surface area contributed by atoms with Crippen molar-refractivity contribution < 1.29 is 9.63 Å². The Bertz CT molecular complexity index is 152. The van der Waals surface area contributed by atoms with Gasteiger partial charge in [0.05, 0.1) is 5.60 Å². The molecule has 0 radical (unpaired) electrons. The summed E-state index contributed by atoms with van der Waals surface area (Å²) in [5, 5.41) is 0. The monoisotopic (exact) mass is 188 g/mol. The van der Waals surface area contributed by atoms with Crippen molar-refractivity contribution >= 4 is 5.91 Å². The van der Waals surface area contributed by atoms with E-state index >= 15 is 0 Å². The minimum atomic E-state index is -0.330. The highest BCUT2D eigenvalue weighted by atomic mass is 16.7. The molecule has 0 spiro atoms. The van der Waals surface area contributed by atoms with Crippen molar-refractivity contribution in [3.63, 3.8) is 0 Å². The molecule has 3 N–H and O–H groups in total. The fourth-order valence-electron chi connectivity index (χ4n) is 0.691. The van der Waals surface area contributed by atoms with Crippen LogP contribution in [0.25, 0.3) is 0 Å². The van der Waals surface area contributed by atoms with E-state index in [1.165, 1.54) is 0 Å². The molecule has 0 saturated heterocycles. The van der Waals surface area contributed by atoms with E-state index in [0.717, 1.165) is 12.8 Å². The Kier molecular flexibility index (Phi) is 5.66. The third kappa shape index (κ3) is 9.30. The Labute approximate surface area is 79.8 Å². The van der Waals surface area contributed by atoms with E-state index in [4.69, 9.17) is 10.6 Å². The van der Waals surface area contributed by atoms with E-state index in [1.807, 2.05) is 20.8 Å². The summed E-state index contributed by atoms with van der Waals surface area (Å²) in [6.07, 6.45) is 2.17. The average molecular weight is 188 g/mol. The normalized spacial score (nSPS) is 11.4. The van der Waals surface area contributed by atoms with Crippen LogP contribution in [0.15, 0.2) is 0 Å². The molecule has 4 nitrogen and oxygen atoms in total. The lowest BCUT2D eigenvalue weighted by atomic mass is 10.2. The van der Waals surface area contributed by atoms with Crippen molar-refractivity contribution in [2.45, 2.75) is 45.6 Å². The third-order valence-corrected chi connectivity index (χ3v) is 1.33. The number of amides is 1. The summed E-state index contributed by atoms with van der Waals surface area (Å²) in [6.45, 7) is 6.28. The second-order valence-corrected chi connectivity index (χ2v) is 3.99. The molecule has 0 fully saturated rings. The van der Waals surface area contributed by atoms with Crippen molar-refractivity contribution in [2.75, 3.05) is 6.54 Å². The van der Waals surface area contributed by atoms with Crippen molar-refractivity contribution in [2.24, 2.45) is 5.73 Å². The average Bonchev–Trinajstić information content (AvgIpc) is 2.00. The minimum Gasteiger partial charge on any atom is -0.330 e. The molecule has 0 heterocycles. The number of hydroxylamine groups is 1. The number of unbranched alkanes of at least 4 members (excludes halogenated alkanes) is 1. The van der Waals surface area contributed by atoms with E-state index in [9.17, 15) is 4.79 Å². The summed E-state index contributed by atoms with van der Waals surface area (Å²) >= 11 is 0. The summed E-state index contributed by atoms with van der Waals surface area (Å²) < 4.78 is 0. The van der Waals surface area contributed by atoms with Gasteiger partial charge in [-0.1, -0.05) is 0 Å². The predicted molar refractivity (Wildman–Crippen MR) is 51.9 cm³/mol. The number of nitrogens with two attached hydrogens (primary N) is 1. The fourth-order valence-corrected chi connectivity index (χ4v) is 0.691. The molecule has 0 aromatic heterocycles. The molecule has 4 heteroatoms. The molecule has 0 aliphatic rings. The number of hydrogen-bond acceptors (Lipinski definition) is 3. The van der Waals surface area contributed by atoms with E-state index in [2.05, 4.69) is 5.48 Å². The number of hydrogen-bond donors (Lipinski definition) is 2. The standard InChI is InChI=1S/C9H20N2O2/c1-9(2,3)13-11-8(12)6-4-5-7-10/h4-7,10H2,1-3H3,(H,11,12). The van der Waals surface area contributed by atoms with E-state index < -0.39 is 0 Å². The minimum absolute atomic E-state index is 0.0802. The second kappa shape index (κ2) is 5.94. The first-order valence-corrected chi connectivity index (χ1v) is 4.62. The molecule has 0 aromatic carbocycles. The summed E-state index contributed by atoms with van der Waals surface area (Å²) in [6, 6.07) is 0. The molecule has 1 amide bonds. The number of nitrogens with one attached hydrogen (secondary N) is 1. The Morgan fingerprint density at radius 2 is 2.00 bits per heavy atom. The molecule has 13 heavy (non-hydrogen) atoms. The fraction of sp³-hybridized carbons (Fsp3) is 0.889. The zero-order valence-corrected chi connectivity index (χ0v) is 8.72. The summed E-state index contributed by atoms with van der Waals surface area (Å²) in [4.78, 5) is 16.2. The van der Waals surface area contributed by atoms with Gasteiger partial charge in [0.15, 0.2) is 0 Å². The lowest BCUT2D eigenvalue weighted by Gasteiger charge is -2.18. The van der Waals surface area contributed by atoms with Gasteiger partial charge in [0.2, 0.25) is 5.91 Å². The molecule has 78 valence electrons. The summed E-state index contributed by atoms with van der Waals surface area (Å²) in [5.41, 5.74) is 7.37. The number of rotatable bonds is 5. The second-order valence-electron chi connectivity index (χ2n) is 3.99. The van der Waals surface area contributed by atoms with Crippen LogP contribution in [0.3, 0.4) is 0 Å². The molecular weight excluding hydrogens is 168 g/mol. The molecule has 0 rings (SSSR count). The quantitative estimate of drug-likeness (QED) is 0.499. The van der Waals surface area contributed by atoms with Crippen LogP contribution in [-0.4, -0.2) is 18.1 Å². The zero-order chi connectivity index (χ0) is 10.3. The molecule has 0 aromatic rings. The van der Waals surface area contributed by atoms with Crippen LogP contribution in [0.2, 0.25) is 0 Å². The van der Waals surface area contributed by atoms with Gasteiger partial charge in [0, 0.05) is 6.42 Å². The Morgan fingerprint density at radius 3 is 2.46 bits per heavy atom. The third-order valence-electron chi connectivity index (χ3n) is 1.33. The first-order valence-electron chi connectivity index (χ1n) is 4.62. The van der Waals surface area contributed by atoms with Crippen molar-refractivity contribution in [3.8, 4) is 0 Å². The van der Waals surface area contributed by atoms with Crippen LogP contribution in [0.1, 0.15) is 40.0 Å². The highest BCUT2D eigenvalue weighted by Crippen LogP contribution is 2.04. The SMILES string of the molecule is CC(C)(C)ONC(=O)CCCCN. The first kappa shape index (κ1) is 12.4. The largest absolute Gasteiger partial charge is 0.330 e. The highest BCUT2D eigenvalue weighted by molar-refractivity contribution is 5.74. The number of carbonyl (C=O) groups excluding carboxylic acids is 1. The first-order chi connectivity index (χ1) is 5.95. The van der Waals surface area contributed by atoms with Gasteiger partial charge < -0.3 is 5.73 Å². The Hall–Kier alpha value is -0.610. The maximum Gasteiger partial charge on any atom is 0.243 e. The van der Waals surface area contributed by atoms with Crippen LogP contribution in [0.5, 0.6) is 0 Å². The zero-order valence-electron chi connectivity index (χ0n) is 8.72. The molecule has 0 bridgehead atoms. The van der Waals surface area contributed by atoms with Crippen LogP contribution in [-0.2, 0) is 9.63 Å². The van der Waals surface area contributed by atoms with Gasteiger partial charge in [0.25, 0.3) is 0 Å².